The number of hydrogen-bond donors (Lipinski definition) is 3. The minimum absolute atomic E-state index is 0.0390. The minimum Gasteiger partial charge on any atom is -0.487 e. The monoisotopic (exact) mass is 572 g/mol. The van der Waals surface area contributed by atoms with Gasteiger partial charge in [-0.15, -0.1) is 0 Å². The second kappa shape index (κ2) is 12.2. The molecule has 0 fully saturated rings. The molecule has 0 aliphatic rings. The lowest BCUT2D eigenvalue weighted by molar-refractivity contribution is -0.116. The van der Waals surface area contributed by atoms with Gasteiger partial charge in [-0.05, 0) is 42.6 Å². The first-order valence-corrected chi connectivity index (χ1v) is 13.4. The number of Topliss-reactive ketones (excluding diaryl/α,β-unsaturated/α-hetero) is 1. The van der Waals surface area contributed by atoms with E-state index in [-0.39, 0.29) is 25.5 Å². The average Bonchev–Trinajstić information content (AvgIpc) is 2.96. The fourth-order valence-corrected chi connectivity index (χ4v) is 4.83. The maximum Gasteiger partial charge on any atom is 0.319 e. The molecule has 0 unspecified atom stereocenters. The molecule has 1 heterocycles. The Morgan fingerprint density at radius 3 is 2.48 bits per heavy atom. The summed E-state index contributed by atoms with van der Waals surface area (Å²) in [5.41, 5.74) is 3.42. The Balaban J connectivity index is 1.17. The molecule has 0 bridgehead atoms. The molecule has 0 saturated carbocycles. The molecular formula is C31H26Cl2N4O3. The fourth-order valence-electron chi connectivity index (χ4n) is 4.29. The van der Waals surface area contributed by atoms with Gasteiger partial charge in [0.1, 0.15) is 17.9 Å². The van der Waals surface area contributed by atoms with Gasteiger partial charge in [0.25, 0.3) is 0 Å². The number of anilines is 2. The van der Waals surface area contributed by atoms with E-state index in [2.05, 4.69) is 20.9 Å². The second-order valence-corrected chi connectivity index (χ2v) is 9.97. The van der Waals surface area contributed by atoms with Gasteiger partial charge in [0.15, 0.2) is 5.78 Å². The molecule has 0 radical (unpaired) electrons. The van der Waals surface area contributed by atoms with Crippen molar-refractivity contribution in [3.63, 3.8) is 0 Å². The van der Waals surface area contributed by atoms with Gasteiger partial charge in [0.2, 0.25) is 0 Å². The smallest absolute Gasteiger partial charge is 0.319 e. The van der Waals surface area contributed by atoms with E-state index in [0.29, 0.717) is 32.7 Å². The highest BCUT2D eigenvalue weighted by atomic mass is 35.5. The number of carbonyl (C=O) groups excluding carboxylic acids is 2. The van der Waals surface area contributed by atoms with Crippen molar-refractivity contribution < 1.29 is 14.3 Å². The molecule has 5 aromatic rings. The van der Waals surface area contributed by atoms with Crippen LogP contribution in [0.5, 0.6) is 5.75 Å². The summed E-state index contributed by atoms with van der Waals surface area (Å²) in [7, 11) is 0. The van der Waals surface area contributed by atoms with Crippen LogP contribution in [0.2, 0.25) is 10.0 Å². The van der Waals surface area contributed by atoms with Crippen molar-refractivity contribution >= 4 is 68.1 Å². The zero-order valence-corrected chi connectivity index (χ0v) is 23.1. The van der Waals surface area contributed by atoms with Crippen LogP contribution in [0.4, 0.5) is 16.2 Å². The van der Waals surface area contributed by atoms with Crippen LogP contribution in [-0.4, -0.2) is 29.9 Å². The number of urea groups is 1. The van der Waals surface area contributed by atoms with Crippen LogP contribution < -0.4 is 20.7 Å². The van der Waals surface area contributed by atoms with Crippen LogP contribution in [-0.2, 0) is 11.4 Å². The zero-order valence-electron chi connectivity index (χ0n) is 21.6. The Morgan fingerprint density at radius 2 is 1.60 bits per heavy atom. The van der Waals surface area contributed by atoms with Crippen molar-refractivity contribution in [2.24, 2.45) is 0 Å². The number of nitrogens with one attached hydrogen (secondary N) is 3. The number of ether oxygens (including phenoxy) is 1. The molecule has 1 aromatic heterocycles. The molecule has 202 valence electrons. The molecule has 40 heavy (non-hydrogen) atoms. The fraction of sp³-hybridized carbons (Fsp3) is 0.129. The van der Waals surface area contributed by atoms with Gasteiger partial charge in [-0.2, -0.15) is 0 Å². The highest BCUT2D eigenvalue weighted by molar-refractivity contribution is 6.37. The number of nitrogens with zero attached hydrogens (tertiary/aromatic N) is 1. The Hall–Kier alpha value is -4.33. The topological polar surface area (TPSA) is 92.4 Å². The lowest BCUT2D eigenvalue weighted by Gasteiger charge is -2.15. The number of carbonyl (C=O) groups is 2. The van der Waals surface area contributed by atoms with E-state index in [0.717, 1.165) is 27.4 Å². The van der Waals surface area contributed by atoms with Crippen LogP contribution in [0.3, 0.4) is 0 Å². The van der Waals surface area contributed by atoms with Crippen LogP contribution in [0.1, 0.15) is 11.3 Å². The number of para-hydroxylation sites is 1. The predicted octanol–water partition coefficient (Wildman–Crippen LogP) is 7.38. The molecule has 7 nitrogen and oxygen atoms in total. The lowest BCUT2D eigenvalue weighted by Crippen LogP contribution is -2.35. The first-order chi connectivity index (χ1) is 19.4. The quantitative estimate of drug-likeness (QED) is 0.171. The Labute approximate surface area is 241 Å². The van der Waals surface area contributed by atoms with Crippen LogP contribution in [0.15, 0.2) is 84.9 Å². The lowest BCUT2D eigenvalue weighted by atomic mass is 10.1. The summed E-state index contributed by atoms with van der Waals surface area (Å²) in [5, 5.41) is 12.1. The highest BCUT2D eigenvalue weighted by Crippen LogP contribution is 2.33. The highest BCUT2D eigenvalue weighted by Gasteiger charge is 2.14. The Bertz CT molecular complexity index is 1720. The van der Waals surface area contributed by atoms with E-state index < -0.39 is 6.03 Å². The summed E-state index contributed by atoms with van der Waals surface area (Å²) in [5.74, 6) is 0.392. The molecular weight excluding hydrogens is 547 g/mol. The van der Waals surface area contributed by atoms with E-state index in [1.807, 2.05) is 79.7 Å². The molecule has 5 rings (SSSR count). The van der Waals surface area contributed by atoms with Crippen molar-refractivity contribution in [3.8, 4) is 5.75 Å². The Kier molecular flexibility index (Phi) is 8.34. The summed E-state index contributed by atoms with van der Waals surface area (Å²) < 4.78 is 6.06. The zero-order chi connectivity index (χ0) is 28.1. The van der Waals surface area contributed by atoms with Gasteiger partial charge in [-0.1, -0.05) is 77.8 Å². The molecule has 9 heteroatoms. The maximum absolute atomic E-state index is 12.5. The van der Waals surface area contributed by atoms with E-state index >= 15 is 0 Å². The molecule has 0 spiro atoms. The molecule has 4 aromatic carbocycles. The number of benzene rings is 4. The Morgan fingerprint density at radius 1 is 0.825 bits per heavy atom. The van der Waals surface area contributed by atoms with E-state index in [1.54, 1.807) is 12.1 Å². The molecule has 3 N–H and O–H groups in total. The third-order valence-corrected chi connectivity index (χ3v) is 7.13. The van der Waals surface area contributed by atoms with Crippen molar-refractivity contribution in [1.82, 2.24) is 10.3 Å². The van der Waals surface area contributed by atoms with Crippen molar-refractivity contribution in [2.45, 2.75) is 13.5 Å². The number of fused-ring (bicyclic) bond motifs is 2. The van der Waals surface area contributed by atoms with E-state index in [9.17, 15) is 9.59 Å². The van der Waals surface area contributed by atoms with E-state index in [4.69, 9.17) is 27.9 Å². The van der Waals surface area contributed by atoms with Crippen molar-refractivity contribution in [1.29, 1.82) is 0 Å². The normalized spacial score (nSPS) is 10.9. The van der Waals surface area contributed by atoms with Gasteiger partial charge < -0.3 is 20.7 Å². The van der Waals surface area contributed by atoms with Crippen LogP contribution >= 0.6 is 23.2 Å². The third kappa shape index (κ3) is 6.28. The van der Waals surface area contributed by atoms with Crippen LogP contribution in [0.25, 0.3) is 21.7 Å². The number of hydrogen-bond acceptors (Lipinski definition) is 5. The molecule has 0 aliphatic heterocycles. The van der Waals surface area contributed by atoms with Gasteiger partial charge in [-0.25, -0.2) is 9.78 Å². The van der Waals surface area contributed by atoms with Gasteiger partial charge in [0.05, 0.1) is 29.5 Å². The predicted molar refractivity (Wildman–Crippen MR) is 162 cm³/mol. The average molecular weight is 573 g/mol. The molecule has 0 aliphatic carbocycles. The molecule has 0 atom stereocenters. The first kappa shape index (κ1) is 27.2. The van der Waals surface area contributed by atoms with E-state index in [1.165, 1.54) is 0 Å². The number of ketones is 1. The number of aromatic nitrogens is 1. The summed E-state index contributed by atoms with van der Waals surface area (Å²) >= 11 is 13.1. The van der Waals surface area contributed by atoms with Gasteiger partial charge in [-0.3, -0.25) is 4.79 Å². The standard InChI is InChI=1S/C31H26Cl2N4O3/c1-19-12-13-21-8-5-11-28(30(21)36-19)40-18-24-25(32)14-15-27(29(24)33)34-16-22(38)17-35-31(39)37-26-10-4-7-20-6-2-3-9-23(20)26/h2-15,34H,16-18H2,1H3,(H2,35,37,39). The number of pyridine rings is 1. The second-order valence-electron chi connectivity index (χ2n) is 9.18. The number of rotatable bonds is 9. The minimum atomic E-state index is -0.466. The van der Waals surface area contributed by atoms with Crippen molar-refractivity contribution in [2.75, 3.05) is 23.7 Å². The van der Waals surface area contributed by atoms with Gasteiger partial charge >= 0.3 is 6.03 Å². The van der Waals surface area contributed by atoms with Gasteiger partial charge in [0, 0.05) is 27.1 Å². The summed E-state index contributed by atoms with van der Waals surface area (Å²) in [6, 6.07) is 26.0. The first-order valence-electron chi connectivity index (χ1n) is 12.6. The third-order valence-electron chi connectivity index (χ3n) is 6.34. The molecule has 0 saturated heterocycles. The largest absolute Gasteiger partial charge is 0.487 e. The van der Waals surface area contributed by atoms with Crippen LogP contribution in [0, 0.1) is 6.92 Å². The summed E-state index contributed by atoms with van der Waals surface area (Å²) in [4.78, 5) is 29.5. The SMILES string of the molecule is Cc1ccc2cccc(OCc3c(Cl)ccc(NCC(=O)CNC(=O)Nc4cccc5ccccc45)c3Cl)c2n1. The molecule has 2 amide bonds. The number of aryl methyl sites for hydroxylation is 1. The number of amides is 2. The summed E-state index contributed by atoms with van der Waals surface area (Å²) in [6.45, 7) is 1.85. The maximum atomic E-state index is 12.5. The summed E-state index contributed by atoms with van der Waals surface area (Å²) in [6.07, 6.45) is 0. The number of halogens is 2. The van der Waals surface area contributed by atoms with Crippen molar-refractivity contribution in [3.05, 3.63) is 106 Å².